The van der Waals surface area contributed by atoms with Gasteiger partial charge in [0.05, 0.1) is 12.5 Å². The predicted molar refractivity (Wildman–Crippen MR) is 111 cm³/mol. The number of carboxylic acid groups (broad SMARTS) is 1. The zero-order valence-corrected chi connectivity index (χ0v) is 15.9. The van der Waals surface area contributed by atoms with Crippen LogP contribution in [-0.2, 0) is 17.8 Å². The third kappa shape index (κ3) is 4.52. The Bertz CT molecular complexity index is 948. The number of hydrogen-bond acceptors (Lipinski definition) is 3. The van der Waals surface area contributed by atoms with Gasteiger partial charge in [-0.3, -0.25) is 9.69 Å². The summed E-state index contributed by atoms with van der Waals surface area (Å²) in [5, 5.41) is 11.3. The number of carbonyl (C=O) groups is 1. The summed E-state index contributed by atoms with van der Waals surface area (Å²) in [6.07, 6.45) is 2.02. The molecule has 1 saturated heterocycles. The fourth-order valence-corrected chi connectivity index (χ4v) is 3.69. The summed E-state index contributed by atoms with van der Waals surface area (Å²) in [5.74, 6) is 0.00784. The molecule has 4 rings (SSSR count). The van der Waals surface area contributed by atoms with E-state index in [0.29, 0.717) is 19.7 Å². The summed E-state index contributed by atoms with van der Waals surface area (Å²) in [6, 6.07) is 23.1. The van der Waals surface area contributed by atoms with Crippen LogP contribution in [-0.4, -0.2) is 35.7 Å². The topological polar surface area (TPSA) is 49.8 Å². The van der Waals surface area contributed by atoms with Gasteiger partial charge in [0.1, 0.15) is 5.75 Å². The van der Waals surface area contributed by atoms with Crippen LogP contribution in [0.1, 0.15) is 17.5 Å². The van der Waals surface area contributed by atoms with E-state index in [4.69, 9.17) is 9.84 Å². The van der Waals surface area contributed by atoms with Gasteiger partial charge in [-0.05, 0) is 52.9 Å². The fourth-order valence-electron chi connectivity index (χ4n) is 3.69. The standard InChI is InChI=1S/C24H25NO3/c26-24(27)22-16-25(17-22)15-19-8-9-21-14-23(11-10-20(21)13-19)28-12-4-7-18-5-2-1-3-6-18/h1-3,5-6,8-11,13-14,22H,4,7,12,15-17H2,(H,26,27). The van der Waals surface area contributed by atoms with Crippen LogP contribution < -0.4 is 4.74 Å². The number of carboxylic acids is 1. The molecule has 0 amide bonds. The highest BCUT2D eigenvalue weighted by molar-refractivity contribution is 5.84. The maximum absolute atomic E-state index is 10.9. The number of hydrogen-bond donors (Lipinski definition) is 1. The maximum Gasteiger partial charge on any atom is 0.309 e. The molecule has 0 aliphatic carbocycles. The lowest BCUT2D eigenvalue weighted by Gasteiger charge is -2.36. The lowest BCUT2D eigenvalue weighted by molar-refractivity contribution is -0.147. The molecule has 1 aliphatic rings. The number of aliphatic carboxylic acids is 1. The number of likely N-dealkylation sites (tertiary alicyclic amines) is 1. The molecule has 1 N–H and O–H groups in total. The zero-order valence-electron chi connectivity index (χ0n) is 15.9. The molecule has 0 atom stereocenters. The number of ether oxygens (including phenoxy) is 1. The molecule has 3 aromatic carbocycles. The Morgan fingerprint density at radius 2 is 1.71 bits per heavy atom. The normalized spacial score (nSPS) is 14.7. The van der Waals surface area contributed by atoms with Gasteiger partial charge in [0.2, 0.25) is 0 Å². The first-order valence-electron chi connectivity index (χ1n) is 9.82. The second-order valence-electron chi connectivity index (χ2n) is 7.51. The van der Waals surface area contributed by atoms with Crippen molar-refractivity contribution in [3.63, 3.8) is 0 Å². The van der Waals surface area contributed by atoms with Gasteiger partial charge in [0.15, 0.2) is 0 Å². The van der Waals surface area contributed by atoms with Crippen molar-refractivity contribution in [2.24, 2.45) is 5.92 Å². The first kappa shape index (κ1) is 18.5. The largest absolute Gasteiger partial charge is 0.494 e. The van der Waals surface area contributed by atoms with E-state index in [9.17, 15) is 4.79 Å². The SMILES string of the molecule is O=C(O)C1CN(Cc2ccc3cc(OCCCc4ccccc4)ccc3c2)C1. The zero-order chi connectivity index (χ0) is 19.3. The van der Waals surface area contributed by atoms with E-state index in [1.165, 1.54) is 16.5 Å². The van der Waals surface area contributed by atoms with Gasteiger partial charge in [0, 0.05) is 19.6 Å². The van der Waals surface area contributed by atoms with Crippen molar-refractivity contribution < 1.29 is 14.6 Å². The molecule has 0 radical (unpaired) electrons. The quantitative estimate of drug-likeness (QED) is 0.594. The van der Waals surface area contributed by atoms with Gasteiger partial charge in [-0.25, -0.2) is 0 Å². The Kier molecular flexibility index (Phi) is 5.58. The fraction of sp³-hybridized carbons (Fsp3) is 0.292. The van der Waals surface area contributed by atoms with E-state index in [1.54, 1.807) is 0 Å². The average Bonchev–Trinajstić information content (AvgIpc) is 2.68. The smallest absolute Gasteiger partial charge is 0.309 e. The Balaban J connectivity index is 1.30. The van der Waals surface area contributed by atoms with Crippen LogP contribution in [0.5, 0.6) is 5.75 Å². The molecular weight excluding hydrogens is 350 g/mol. The molecule has 144 valence electrons. The summed E-state index contributed by atoms with van der Waals surface area (Å²) in [7, 11) is 0. The monoisotopic (exact) mass is 375 g/mol. The van der Waals surface area contributed by atoms with E-state index in [-0.39, 0.29) is 5.92 Å². The van der Waals surface area contributed by atoms with Crippen LogP contribution in [0.25, 0.3) is 10.8 Å². The van der Waals surface area contributed by atoms with Crippen LogP contribution >= 0.6 is 0 Å². The number of rotatable bonds is 8. The summed E-state index contributed by atoms with van der Waals surface area (Å²) < 4.78 is 5.93. The highest BCUT2D eigenvalue weighted by Gasteiger charge is 2.32. The molecular formula is C24H25NO3. The molecule has 28 heavy (non-hydrogen) atoms. The Labute approximate surface area is 165 Å². The van der Waals surface area contributed by atoms with Crippen LogP contribution in [0.2, 0.25) is 0 Å². The van der Waals surface area contributed by atoms with Gasteiger partial charge >= 0.3 is 5.97 Å². The van der Waals surface area contributed by atoms with Crippen molar-refractivity contribution >= 4 is 16.7 Å². The van der Waals surface area contributed by atoms with E-state index in [1.807, 2.05) is 12.1 Å². The van der Waals surface area contributed by atoms with Crippen LogP contribution in [0.4, 0.5) is 0 Å². The van der Waals surface area contributed by atoms with Crippen molar-refractivity contribution in [2.45, 2.75) is 19.4 Å². The third-order valence-electron chi connectivity index (χ3n) is 5.31. The molecule has 4 nitrogen and oxygen atoms in total. The second kappa shape index (κ2) is 8.44. The van der Waals surface area contributed by atoms with Gasteiger partial charge in [-0.2, -0.15) is 0 Å². The molecule has 3 aromatic rings. The van der Waals surface area contributed by atoms with E-state index >= 15 is 0 Å². The van der Waals surface area contributed by atoms with Crippen LogP contribution in [0, 0.1) is 5.92 Å². The first-order valence-corrected chi connectivity index (χ1v) is 9.82. The molecule has 0 unspecified atom stereocenters. The van der Waals surface area contributed by atoms with Crippen LogP contribution in [0.3, 0.4) is 0 Å². The Hall–Kier alpha value is -2.85. The maximum atomic E-state index is 10.9. The van der Waals surface area contributed by atoms with E-state index in [0.717, 1.165) is 30.5 Å². The molecule has 0 aromatic heterocycles. The van der Waals surface area contributed by atoms with Crippen molar-refractivity contribution in [1.82, 2.24) is 4.90 Å². The number of fused-ring (bicyclic) bond motifs is 1. The molecule has 1 aliphatic heterocycles. The molecule has 1 heterocycles. The minimum atomic E-state index is -0.689. The van der Waals surface area contributed by atoms with Crippen LogP contribution in [0.15, 0.2) is 66.7 Å². The predicted octanol–water partition coefficient (Wildman–Crippen LogP) is 4.37. The van der Waals surface area contributed by atoms with Gasteiger partial charge in [0.25, 0.3) is 0 Å². The van der Waals surface area contributed by atoms with Gasteiger partial charge < -0.3 is 9.84 Å². The molecule has 0 saturated carbocycles. The van der Waals surface area contributed by atoms with Crippen molar-refractivity contribution in [3.05, 3.63) is 77.9 Å². The second-order valence-corrected chi connectivity index (χ2v) is 7.51. The number of benzene rings is 3. The summed E-state index contributed by atoms with van der Waals surface area (Å²) in [5.41, 5.74) is 2.56. The number of aryl methyl sites for hydroxylation is 1. The number of nitrogens with zero attached hydrogens (tertiary/aromatic N) is 1. The lowest BCUT2D eigenvalue weighted by atomic mass is 9.99. The van der Waals surface area contributed by atoms with Crippen molar-refractivity contribution in [3.8, 4) is 5.75 Å². The van der Waals surface area contributed by atoms with Gasteiger partial charge in [-0.15, -0.1) is 0 Å². The minimum absolute atomic E-state index is 0.206. The van der Waals surface area contributed by atoms with Gasteiger partial charge in [-0.1, -0.05) is 48.5 Å². The highest BCUT2D eigenvalue weighted by Crippen LogP contribution is 2.25. The Morgan fingerprint density at radius 3 is 2.50 bits per heavy atom. The first-order chi connectivity index (χ1) is 13.7. The Morgan fingerprint density at radius 1 is 0.964 bits per heavy atom. The van der Waals surface area contributed by atoms with Crippen molar-refractivity contribution in [1.29, 1.82) is 0 Å². The van der Waals surface area contributed by atoms with E-state index < -0.39 is 5.97 Å². The third-order valence-corrected chi connectivity index (χ3v) is 5.31. The summed E-state index contributed by atoms with van der Waals surface area (Å²) in [6.45, 7) is 2.79. The summed E-state index contributed by atoms with van der Waals surface area (Å²) >= 11 is 0. The molecule has 0 bridgehead atoms. The lowest BCUT2D eigenvalue weighted by Crippen LogP contribution is -2.49. The minimum Gasteiger partial charge on any atom is -0.494 e. The molecule has 4 heteroatoms. The highest BCUT2D eigenvalue weighted by atomic mass is 16.5. The van der Waals surface area contributed by atoms with E-state index in [2.05, 4.69) is 59.5 Å². The molecule has 1 fully saturated rings. The average molecular weight is 375 g/mol. The summed E-state index contributed by atoms with van der Waals surface area (Å²) in [4.78, 5) is 13.1. The van der Waals surface area contributed by atoms with Crippen molar-refractivity contribution in [2.75, 3.05) is 19.7 Å². The molecule has 0 spiro atoms.